The number of amides is 1. The van der Waals surface area contributed by atoms with Crippen LogP contribution >= 0.6 is 23.6 Å². The summed E-state index contributed by atoms with van der Waals surface area (Å²) in [5.74, 6) is -0.0440. The third-order valence-electron chi connectivity index (χ3n) is 2.42. The van der Waals surface area contributed by atoms with Crippen molar-refractivity contribution in [3.8, 4) is 0 Å². The zero-order valence-electron chi connectivity index (χ0n) is 10.4. The largest absolute Gasteiger partial charge is 0.393 e. The summed E-state index contributed by atoms with van der Waals surface area (Å²) in [7, 11) is 1.73. The fourth-order valence-electron chi connectivity index (χ4n) is 1.30. The molecule has 0 unspecified atom stereocenters. The van der Waals surface area contributed by atoms with Crippen molar-refractivity contribution in [2.75, 3.05) is 26.8 Å². The van der Waals surface area contributed by atoms with Crippen molar-refractivity contribution in [3.63, 3.8) is 0 Å². The molecule has 0 spiro atoms. The Morgan fingerprint density at radius 1 is 1.61 bits per heavy atom. The molecule has 0 radical (unpaired) electrons. The van der Waals surface area contributed by atoms with Crippen LogP contribution in [0, 0.1) is 0 Å². The van der Waals surface area contributed by atoms with Crippen LogP contribution in [-0.4, -0.2) is 42.6 Å². The van der Waals surface area contributed by atoms with Crippen molar-refractivity contribution in [2.24, 2.45) is 5.73 Å². The number of hydrogen-bond acceptors (Lipinski definition) is 4. The van der Waals surface area contributed by atoms with Crippen molar-refractivity contribution in [2.45, 2.75) is 12.8 Å². The molecular weight excluding hydrogens is 268 g/mol. The summed E-state index contributed by atoms with van der Waals surface area (Å²) in [6.07, 6.45) is 1.40. The van der Waals surface area contributed by atoms with Crippen LogP contribution in [0.3, 0.4) is 0 Å². The van der Waals surface area contributed by atoms with Gasteiger partial charge in [-0.3, -0.25) is 4.79 Å². The Kier molecular flexibility index (Phi) is 6.85. The Morgan fingerprint density at radius 2 is 2.39 bits per heavy atom. The molecule has 0 saturated carbocycles. The lowest BCUT2D eigenvalue weighted by atomic mass is 10.3. The van der Waals surface area contributed by atoms with Gasteiger partial charge in [0, 0.05) is 31.3 Å². The number of thiocarbonyl (C=S) groups is 1. The summed E-state index contributed by atoms with van der Waals surface area (Å²) < 4.78 is 5.35. The van der Waals surface area contributed by atoms with Crippen LogP contribution in [-0.2, 0) is 16.0 Å². The number of rotatable bonds is 8. The van der Waals surface area contributed by atoms with E-state index in [9.17, 15) is 4.79 Å². The lowest BCUT2D eigenvalue weighted by molar-refractivity contribution is -0.134. The molecule has 18 heavy (non-hydrogen) atoms. The molecule has 0 aliphatic rings. The van der Waals surface area contributed by atoms with Crippen LogP contribution in [0.4, 0.5) is 0 Å². The van der Waals surface area contributed by atoms with Crippen LogP contribution in [0.15, 0.2) is 17.5 Å². The number of thiophene rings is 1. The van der Waals surface area contributed by atoms with Gasteiger partial charge in [-0.2, -0.15) is 0 Å². The Labute approximate surface area is 117 Å². The van der Waals surface area contributed by atoms with Crippen LogP contribution in [0.2, 0.25) is 0 Å². The summed E-state index contributed by atoms with van der Waals surface area (Å²) in [6.45, 7) is 1.22. The summed E-state index contributed by atoms with van der Waals surface area (Å²) in [5.41, 5.74) is 5.38. The standard InChI is InChI=1S/C12H18N2O2S2/c1-14(6-4-11(13)17)12(15)9-16-7-5-10-3-2-8-18-10/h2-3,8H,4-7,9H2,1H3,(H2,13,17). The second kappa shape index (κ2) is 8.18. The maximum atomic E-state index is 11.6. The highest BCUT2D eigenvalue weighted by molar-refractivity contribution is 7.80. The van der Waals surface area contributed by atoms with Gasteiger partial charge >= 0.3 is 0 Å². The molecule has 1 heterocycles. The second-order valence-electron chi connectivity index (χ2n) is 3.91. The first-order valence-corrected chi connectivity index (χ1v) is 7.01. The van der Waals surface area contributed by atoms with Gasteiger partial charge in [0.25, 0.3) is 0 Å². The molecule has 0 aliphatic heterocycles. The molecule has 0 atom stereocenters. The number of carbonyl (C=O) groups is 1. The van der Waals surface area contributed by atoms with Gasteiger partial charge in [0.05, 0.1) is 11.6 Å². The Hall–Kier alpha value is -0.980. The van der Waals surface area contributed by atoms with Crippen LogP contribution in [0.5, 0.6) is 0 Å². The summed E-state index contributed by atoms with van der Waals surface area (Å²) in [5, 5.41) is 2.03. The fraction of sp³-hybridized carbons (Fsp3) is 0.500. The molecule has 4 nitrogen and oxygen atoms in total. The molecule has 1 aromatic heterocycles. The van der Waals surface area contributed by atoms with Gasteiger partial charge in [-0.15, -0.1) is 11.3 Å². The smallest absolute Gasteiger partial charge is 0.248 e. The lowest BCUT2D eigenvalue weighted by Gasteiger charge is -2.16. The Morgan fingerprint density at radius 3 is 3.00 bits per heavy atom. The molecule has 0 aromatic carbocycles. The van der Waals surface area contributed by atoms with Gasteiger partial charge in [-0.25, -0.2) is 0 Å². The van der Waals surface area contributed by atoms with E-state index >= 15 is 0 Å². The number of ether oxygens (including phenoxy) is 1. The predicted molar refractivity (Wildman–Crippen MR) is 77.9 cm³/mol. The van der Waals surface area contributed by atoms with E-state index in [4.69, 9.17) is 22.7 Å². The normalized spacial score (nSPS) is 10.3. The predicted octanol–water partition coefficient (Wildman–Crippen LogP) is 1.44. The number of hydrogen-bond donors (Lipinski definition) is 1. The van der Waals surface area contributed by atoms with Crippen molar-refractivity contribution in [1.29, 1.82) is 0 Å². The van der Waals surface area contributed by atoms with Gasteiger partial charge in [0.15, 0.2) is 0 Å². The summed E-state index contributed by atoms with van der Waals surface area (Å²) in [6, 6.07) is 4.07. The topological polar surface area (TPSA) is 55.6 Å². The fourth-order valence-corrected chi connectivity index (χ4v) is 2.08. The zero-order chi connectivity index (χ0) is 13.4. The third-order valence-corrected chi connectivity index (χ3v) is 3.56. The molecule has 1 rings (SSSR count). The summed E-state index contributed by atoms with van der Waals surface area (Å²) in [4.78, 5) is 14.9. The van der Waals surface area contributed by atoms with E-state index in [1.54, 1.807) is 23.3 Å². The highest BCUT2D eigenvalue weighted by Gasteiger charge is 2.08. The first-order valence-electron chi connectivity index (χ1n) is 5.72. The van der Waals surface area contributed by atoms with E-state index in [0.29, 0.717) is 24.6 Å². The molecule has 0 aliphatic carbocycles. The van der Waals surface area contributed by atoms with Gasteiger partial charge in [-0.05, 0) is 11.4 Å². The minimum absolute atomic E-state index is 0.0440. The Bertz CT molecular complexity index is 379. The minimum Gasteiger partial charge on any atom is -0.393 e. The number of likely N-dealkylation sites (N-methyl/N-ethyl adjacent to an activating group) is 1. The van der Waals surface area contributed by atoms with E-state index < -0.39 is 0 Å². The average molecular weight is 286 g/mol. The first-order chi connectivity index (χ1) is 8.59. The lowest BCUT2D eigenvalue weighted by Crippen LogP contribution is -2.33. The highest BCUT2D eigenvalue weighted by Crippen LogP contribution is 2.08. The first kappa shape index (κ1) is 15.1. The van der Waals surface area contributed by atoms with E-state index in [-0.39, 0.29) is 12.5 Å². The second-order valence-corrected chi connectivity index (χ2v) is 5.47. The SMILES string of the molecule is CN(CCC(N)=S)C(=O)COCCc1cccs1. The van der Waals surface area contributed by atoms with Crippen LogP contribution < -0.4 is 5.73 Å². The molecule has 100 valence electrons. The van der Waals surface area contributed by atoms with Gasteiger partial charge in [-0.1, -0.05) is 18.3 Å². The molecule has 0 fully saturated rings. The van der Waals surface area contributed by atoms with Crippen LogP contribution in [0.25, 0.3) is 0 Å². The molecule has 1 amide bonds. The van der Waals surface area contributed by atoms with Crippen molar-refractivity contribution < 1.29 is 9.53 Å². The monoisotopic (exact) mass is 286 g/mol. The van der Waals surface area contributed by atoms with E-state index in [1.165, 1.54) is 4.88 Å². The third kappa shape index (κ3) is 6.09. The van der Waals surface area contributed by atoms with Crippen molar-refractivity contribution in [1.82, 2.24) is 4.90 Å². The number of nitrogens with zero attached hydrogens (tertiary/aromatic N) is 1. The van der Waals surface area contributed by atoms with E-state index in [1.807, 2.05) is 11.4 Å². The molecule has 6 heteroatoms. The van der Waals surface area contributed by atoms with Crippen molar-refractivity contribution >= 4 is 34.5 Å². The molecule has 2 N–H and O–H groups in total. The highest BCUT2D eigenvalue weighted by atomic mass is 32.1. The maximum absolute atomic E-state index is 11.6. The molecule has 0 bridgehead atoms. The quantitative estimate of drug-likeness (QED) is 0.580. The number of nitrogens with two attached hydrogens (primary N) is 1. The van der Waals surface area contributed by atoms with E-state index in [2.05, 4.69) is 6.07 Å². The van der Waals surface area contributed by atoms with Crippen LogP contribution in [0.1, 0.15) is 11.3 Å². The van der Waals surface area contributed by atoms with Gasteiger partial charge in [0.1, 0.15) is 6.61 Å². The number of carbonyl (C=O) groups excluding carboxylic acids is 1. The minimum atomic E-state index is -0.0440. The maximum Gasteiger partial charge on any atom is 0.248 e. The zero-order valence-corrected chi connectivity index (χ0v) is 12.1. The Balaban J connectivity index is 2.10. The van der Waals surface area contributed by atoms with Crippen molar-refractivity contribution in [3.05, 3.63) is 22.4 Å². The average Bonchev–Trinajstić information content (AvgIpc) is 2.84. The van der Waals surface area contributed by atoms with Gasteiger partial charge < -0.3 is 15.4 Å². The summed E-state index contributed by atoms with van der Waals surface area (Å²) >= 11 is 6.46. The molecule has 0 saturated heterocycles. The molecular formula is C12H18N2O2S2. The molecule has 1 aromatic rings. The van der Waals surface area contributed by atoms with Gasteiger partial charge in [0.2, 0.25) is 5.91 Å². The van der Waals surface area contributed by atoms with E-state index in [0.717, 1.165) is 6.42 Å².